The molecule has 6 rings (SSSR count). The molecule has 0 saturated heterocycles. The first-order chi connectivity index (χ1) is 17.0. The molecule has 0 N–H and O–H groups in total. The van der Waals surface area contributed by atoms with Crippen molar-refractivity contribution in [2.24, 2.45) is 0 Å². The molecule has 0 bridgehead atoms. The zero-order chi connectivity index (χ0) is 24.0. The molecule has 0 aliphatic carbocycles. The number of nitrogens with zero attached hydrogens (tertiary/aromatic N) is 3. The summed E-state index contributed by atoms with van der Waals surface area (Å²) < 4.78 is 2.57. The molecule has 170 valence electrons. The Morgan fingerprint density at radius 2 is 1.09 bits per heavy atom. The molecule has 35 heavy (non-hydrogen) atoms. The SMILES string of the molecule is CC(C)(C)c1nc(-c2ccc(-c3ccccc3)cc2)nc(-c2ccc3sc4ccccc4c3c2)n1. The molecule has 0 spiro atoms. The lowest BCUT2D eigenvalue weighted by Gasteiger charge is -2.18. The lowest BCUT2D eigenvalue weighted by molar-refractivity contribution is 0.543. The van der Waals surface area contributed by atoms with Gasteiger partial charge in [-0.15, -0.1) is 11.3 Å². The first-order valence-electron chi connectivity index (χ1n) is 11.8. The summed E-state index contributed by atoms with van der Waals surface area (Å²) in [7, 11) is 0. The maximum absolute atomic E-state index is 4.94. The highest BCUT2D eigenvalue weighted by atomic mass is 32.1. The van der Waals surface area contributed by atoms with Crippen LogP contribution in [0.1, 0.15) is 26.6 Å². The van der Waals surface area contributed by atoms with E-state index in [0.29, 0.717) is 11.6 Å². The van der Waals surface area contributed by atoms with Gasteiger partial charge in [-0.1, -0.05) is 93.6 Å². The van der Waals surface area contributed by atoms with Gasteiger partial charge in [0.2, 0.25) is 0 Å². The van der Waals surface area contributed by atoms with E-state index in [4.69, 9.17) is 15.0 Å². The summed E-state index contributed by atoms with van der Waals surface area (Å²) in [5.41, 5.74) is 4.17. The smallest absolute Gasteiger partial charge is 0.163 e. The molecule has 2 heterocycles. The second-order valence-corrected chi connectivity index (χ2v) is 10.9. The van der Waals surface area contributed by atoms with Crippen LogP contribution in [0.15, 0.2) is 97.1 Å². The topological polar surface area (TPSA) is 38.7 Å². The lowest BCUT2D eigenvalue weighted by Crippen LogP contribution is -2.18. The van der Waals surface area contributed by atoms with Gasteiger partial charge in [-0.2, -0.15) is 0 Å². The van der Waals surface area contributed by atoms with E-state index in [1.807, 2.05) is 17.4 Å². The van der Waals surface area contributed by atoms with E-state index < -0.39 is 0 Å². The molecule has 3 nitrogen and oxygen atoms in total. The van der Waals surface area contributed by atoms with E-state index in [0.717, 1.165) is 17.0 Å². The monoisotopic (exact) mass is 471 g/mol. The molecule has 0 atom stereocenters. The molecule has 6 aromatic rings. The minimum Gasteiger partial charge on any atom is -0.212 e. The van der Waals surface area contributed by atoms with Crippen LogP contribution < -0.4 is 0 Å². The summed E-state index contributed by atoms with van der Waals surface area (Å²) >= 11 is 1.82. The molecule has 0 aliphatic rings. The van der Waals surface area contributed by atoms with Crippen LogP contribution in [-0.2, 0) is 5.41 Å². The van der Waals surface area contributed by atoms with E-state index in [-0.39, 0.29) is 5.41 Å². The number of hydrogen-bond donors (Lipinski definition) is 0. The van der Waals surface area contributed by atoms with Crippen molar-refractivity contribution in [3.8, 4) is 33.9 Å². The molecule has 0 fully saturated rings. The summed E-state index contributed by atoms with van der Waals surface area (Å²) in [5, 5.41) is 2.52. The molecule has 0 saturated carbocycles. The fourth-order valence-corrected chi connectivity index (χ4v) is 5.36. The third kappa shape index (κ3) is 4.11. The van der Waals surface area contributed by atoms with Crippen molar-refractivity contribution in [3.63, 3.8) is 0 Å². The van der Waals surface area contributed by atoms with Gasteiger partial charge in [0.1, 0.15) is 5.82 Å². The highest BCUT2D eigenvalue weighted by Gasteiger charge is 2.21. The van der Waals surface area contributed by atoms with Gasteiger partial charge >= 0.3 is 0 Å². The normalized spacial score (nSPS) is 11.9. The number of rotatable bonds is 3. The fourth-order valence-electron chi connectivity index (χ4n) is 4.28. The highest BCUT2D eigenvalue weighted by Crippen LogP contribution is 2.36. The van der Waals surface area contributed by atoms with Crippen LogP contribution in [-0.4, -0.2) is 15.0 Å². The van der Waals surface area contributed by atoms with Crippen molar-refractivity contribution in [1.82, 2.24) is 15.0 Å². The number of aromatic nitrogens is 3. The zero-order valence-electron chi connectivity index (χ0n) is 20.0. The number of benzene rings is 4. The molecule has 4 heteroatoms. The Kier molecular flexibility index (Phi) is 5.19. The Morgan fingerprint density at radius 3 is 1.83 bits per heavy atom. The van der Waals surface area contributed by atoms with Gasteiger partial charge < -0.3 is 0 Å². The van der Waals surface area contributed by atoms with Crippen LogP contribution in [0.4, 0.5) is 0 Å². The van der Waals surface area contributed by atoms with Crippen LogP contribution in [0.2, 0.25) is 0 Å². The van der Waals surface area contributed by atoms with Gasteiger partial charge in [0.05, 0.1) is 0 Å². The van der Waals surface area contributed by atoms with E-state index in [9.17, 15) is 0 Å². The predicted octanol–water partition coefficient (Wildman–Crippen LogP) is 8.54. The summed E-state index contributed by atoms with van der Waals surface area (Å²) in [5.74, 6) is 2.21. The first-order valence-corrected chi connectivity index (χ1v) is 12.6. The minimum absolute atomic E-state index is 0.199. The van der Waals surface area contributed by atoms with Gasteiger partial charge in [-0.05, 0) is 35.4 Å². The average molecular weight is 472 g/mol. The minimum atomic E-state index is -0.199. The average Bonchev–Trinajstić information content (AvgIpc) is 3.26. The summed E-state index contributed by atoms with van der Waals surface area (Å²) in [6, 6.07) is 34.0. The maximum atomic E-state index is 4.94. The molecule has 0 unspecified atom stereocenters. The van der Waals surface area contributed by atoms with Gasteiger partial charge in [0.25, 0.3) is 0 Å². The van der Waals surface area contributed by atoms with Gasteiger partial charge in [-0.3, -0.25) is 0 Å². The maximum Gasteiger partial charge on any atom is 0.163 e. The van der Waals surface area contributed by atoms with Crippen molar-refractivity contribution in [2.75, 3.05) is 0 Å². The number of hydrogen-bond acceptors (Lipinski definition) is 4. The van der Waals surface area contributed by atoms with Crippen LogP contribution >= 0.6 is 11.3 Å². The molecular formula is C31H25N3S. The Morgan fingerprint density at radius 1 is 0.514 bits per heavy atom. The van der Waals surface area contributed by atoms with Gasteiger partial charge in [-0.25, -0.2) is 15.0 Å². The highest BCUT2D eigenvalue weighted by molar-refractivity contribution is 7.25. The summed E-state index contributed by atoms with van der Waals surface area (Å²) in [6.07, 6.45) is 0. The second-order valence-electron chi connectivity index (χ2n) is 9.81. The summed E-state index contributed by atoms with van der Waals surface area (Å²) in [6.45, 7) is 6.43. The summed E-state index contributed by atoms with van der Waals surface area (Å²) in [4.78, 5) is 14.7. The molecular weight excluding hydrogens is 446 g/mol. The fraction of sp³-hybridized carbons (Fsp3) is 0.129. The Bertz CT molecular complexity index is 1660. The van der Waals surface area contributed by atoms with Gasteiger partial charge in [0.15, 0.2) is 11.6 Å². The van der Waals surface area contributed by atoms with Crippen LogP contribution in [0.3, 0.4) is 0 Å². The molecule has 0 aliphatic heterocycles. The van der Waals surface area contributed by atoms with Crippen molar-refractivity contribution in [2.45, 2.75) is 26.2 Å². The van der Waals surface area contributed by atoms with E-state index in [1.165, 1.54) is 31.3 Å². The third-order valence-electron chi connectivity index (χ3n) is 6.19. The molecule has 4 aromatic carbocycles. The van der Waals surface area contributed by atoms with Crippen LogP contribution in [0.25, 0.3) is 54.1 Å². The molecule has 0 amide bonds. The van der Waals surface area contributed by atoms with Gasteiger partial charge in [0, 0.05) is 36.7 Å². The van der Waals surface area contributed by atoms with Crippen molar-refractivity contribution in [3.05, 3.63) is 103 Å². The van der Waals surface area contributed by atoms with Crippen LogP contribution in [0.5, 0.6) is 0 Å². The Balaban J connectivity index is 1.47. The standard InChI is InChI=1S/C31H25N3S/c1-31(2,3)30-33-28(22-15-13-21(14-16-22)20-9-5-4-6-10-20)32-29(34-30)23-17-18-27-25(19-23)24-11-7-8-12-26(24)35-27/h4-19H,1-3H3. The Labute approximate surface area is 209 Å². The zero-order valence-corrected chi connectivity index (χ0v) is 20.8. The Hall–Kier alpha value is -3.89. The van der Waals surface area contributed by atoms with Crippen LogP contribution in [0, 0.1) is 0 Å². The lowest BCUT2D eigenvalue weighted by atomic mass is 9.95. The third-order valence-corrected chi connectivity index (χ3v) is 7.34. The second kappa shape index (κ2) is 8.40. The van der Waals surface area contributed by atoms with E-state index in [1.54, 1.807) is 0 Å². The van der Waals surface area contributed by atoms with Crippen molar-refractivity contribution in [1.29, 1.82) is 0 Å². The largest absolute Gasteiger partial charge is 0.212 e. The molecule has 0 radical (unpaired) electrons. The predicted molar refractivity (Wildman–Crippen MR) is 148 cm³/mol. The molecule has 2 aromatic heterocycles. The first kappa shape index (κ1) is 21.6. The van der Waals surface area contributed by atoms with E-state index >= 15 is 0 Å². The van der Waals surface area contributed by atoms with Crippen molar-refractivity contribution >= 4 is 31.5 Å². The number of fused-ring (bicyclic) bond motifs is 3. The number of thiophene rings is 1. The quantitative estimate of drug-likeness (QED) is 0.259. The van der Waals surface area contributed by atoms with Crippen molar-refractivity contribution < 1.29 is 0 Å². The van der Waals surface area contributed by atoms with E-state index in [2.05, 4.69) is 112 Å².